The Balaban J connectivity index is 1.82. The second-order valence-electron chi connectivity index (χ2n) is 6.76. The van der Waals surface area contributed by atoms with Gasteiger partial charge in [0.25, 0.3) is 15.9 Å². The van der Waals surface area contributed by atoms with E-state index in [4.69, 9.17) is 5.73 Å². The van der Waals surface area contributed by atoms with Crippen LogP contribution in [0, 0.1) is 5.82 Å². The van der Waals surface area contributed by atoms with Crippen LogP contribution in [0.4, 0.5) is 10.1 Å². The van der Waals surface area contributed by atoms with E-state index in [2.05, 4.69) is 10.0 Å². The highest BCUT2D eigenvalue weighted by Gasteiger charge is 2.34. The number of hydrogen-bond donors (Lipinski definition) is 3. The third-order valence-electron chi connectivity index (χ3n) is 4.85. The molecule has 1 aliphatic carbocycles. The Labute approximate surface area is 158 Å². The first-order chi connectivity index (χ1) is 12.9. The molecule has 8 heteroatoms. The van der Waals surface area contributed by atoms with E-state index in [9.17, 15) is 17.6 Å². The van der Waals surface area contributed by atoms with Crippen LogP contribution in [0.15, 0.2) is 53.4 Å². The van der Waals surface area contributed by atoms with Gasteiger partial charge in [0.05, 0.1) is 16.1 Å². The number of nitrogens with two attached hydrogens (primary N) is 1. The Morgan fingerprint density at radius 3 is 2.48 bits per heavy atom. The van der Waals surface area contributed by atoms with Crippen LogP contribution < -0.4 is 15.8 Å². The molecule has 0 heterocycles. The third-order valence-corrected chi connectivity index (χ3v) is 6.22. The zero-order valence-electron chi connectivity index (χ0n) is 14.7. The summed E-state index contributed by atoms with van der Waals surface area (Å²) in [5.74, 6) is -1.05. The lowest BCUT2D eigenvalue weighted by Gasteiger charge is -2.28. The minimum absolute atomic E-state index is 0.119. The van der Waals surface area contributed by atoms with Crippen LogP contribution in [0.2, 0.25) is 0 Å². The fraction of sp³-hybridized carbons (Fsp3) is 0.316. The fourth-order valence-electron chi connectivity index (χ4n) is 3.30. The molecule has 2 aromatic carbocycles. The minimum atomic E-state index is -4.03. The average Bonchev–Trinajstić information content (AvgIpc) is 3.12. The van der Waals surface area contributed by atoms with Gasteiger partial charge >= 0.3 is 0 Å². The molecule has 0 aliphatic heterocycles. The molecule has 0 radical (unpaired) electrons. The number of amides is 1. The number of para-hydroxylation sites is 1. The molecule has 0 spiro atoms. The summed E-state index contributed by atoms with van der Waals surface area (Å²) in [6.45, 7) is 0.339. The Hall–Kier alpha value is -2.45. The molecule has 0 unspecified atom stereocenters. The number of carbonyl (C=O) groups is 1. The van der Waals surface area contributed by atoms with Gasteiger partial charge in [-0.15, -0.1) is 0 Å². The number of nitrogens with one attached hydrogen (secondary N) is 2. The zero-order chi connectivity index (χ0) is 19.5. The van der Waals surface area contributed by atoms with Crippen LogP contribution in [-0.2, 0) is 10.0 Å². The first-order valence-corrected chi connectivity index (χ1v) is 10.2. The monoisotopic (exact) mass is 391 g/mol. The molecule has 1 fully saturated rings. The van der Waals surface area contributed by atoms with E-state index in [-0.39, 0.29) is 22.1 Å². The van der Waals surface area contributed by atoms with E-state index in [1.807, 2.05) is 0 Å². The SMILES string of the molecule is NCC1(NC(=O)c2cccc(S(=O)(=O)Nc3ccccc3F)c2)CCCC1. The smallest absolute Gasteiger partial charge is 0.262 e. The lowest BCUT2D eigenvalue weighted by Crippen LogP contribution is -2.51. The van der Waals surface area contributed by atoms with Crippen LogP contribution in [0.1, 0.15) is 36.0 Å². The van der Waals surface area contributed by atoms with Crippen molar-refractivity contribution >= 4 is 21.6 Å². The molecule has 0 aromatic heterocycles. The first kappa shape index (κ1) is 19.3. The maximum atomic E-state index is 13.7. The van der Waals surface area contributed by atoms with E-state index in [0.717, 1.165) is 31.7 Å². The molecular formula is C19H22FN3O3S. The van der Waals surface area contributed by atoms with E-state index < -0.39 is 21.4 Å². The van der Waals surface area contributed by atoms with Gasteiger partial charge in [0.1, 0.15) is 5.82 Å². The van der Waals surface area contributed by atoms with Gasteiger partial charge in [-0.25, -0.2) is 12.8 Å². The quantitative estimate of drug-likeness (QED) is 0.704. The highest BCUT2D eigenvalue weighted by atomic mass is 32.2. The van der Waals surface area contributed by atoms with Crippen molar-refractivity contribution in [2.24, 2.45) is 5.73 Å². The van der Waals surface area contributed by atoms with Gasteiger partial charge in [0.2, 0.25) is 0 Å². The molecule has 4 N–H and O–H groups in total. The summed E-state index contributed by atoms with van der Waals surface area (Å²) in [6.07, 6.45) is 3.61. The number of anilines is 1. The van der Waals surface area contributed by atoms with E-state index in [1.54, 1.807) is 0 Å². The second kappa shape index (κ2) is 7.66. The molecule has 27 heavy (non-hydrogen) atoms. The van der Waals surface area contributed by atoms with E-state index >= 15 is 0 Å². The Bertz CT molecular complexity index is 941. The molecule has 1 aliphatic rings. The molecule has 1 saturated carbocycles. The van der Waals surface area contributed by atoms with Crippen LogP contribution in [0.3, 0.4) is 0 Å². The zero-order valence-corrected chi connectivity index (χ0v) is 15.6. The van der Waals surface area contributed by atoms with Crippen molar-refractivity contribution in [1.29, 1.82) is 0 Å². The van der Waals surface area contributed by atoms with Gasteiger partial charge < -0.3 is 11.1 Å². The van der Waals surface area contributed by atoms with Crippen LogP contribution in [0.5, 0.6) is 0 Å². The summed E-state index contributed by atoms with van der Waals surface area (Å²) in [7, 11) is -4.03. The normalized spacial score (nSPS) is 16.1. The number of sulfonamides is 1. The van der Waals surface area contributed by atoms with Gasteiger partial charge in [-0.2, -0.15) is 0 Å². The van der Waals surface area contributed by atoms with Gasteiger partial charge in [-0.05, 0) is 43.2 Å². The summed E-state index contributed by atoms with van der Waals surface area (Å²) in [5.41, 5.74) is 5.47. The summed E-state index contributed by atoms with van der Waals surface area (Å²) in [5, 5.41) is 2.96. The van der Waals surface area contributed by atoms with Crippen molar-refractivity contribution in [3.8, 4) is 0 Å². The summed E-state index contributed by atoms with van der Waals surface area (Å²) < 4.78 is 41.1. The number of halogens is 1. The van der Waals surface area contributed by atoms with E-state index in [0.29, 0.717) is 6.54 Å². The number of carbonyl (C=O) groups excluding carboxylic acids is 1. The van der Waals surface area contributed by atoms with Crippen LogP contribution >= 0.6 is 0 Å². The lowest BCUT2D eigenvalue weighted by atomic mass is 9.97. The van der Waals surface area contributed by atoms with Crippen LogP contribution in [0.25, 0.3) is 0 Å². The summed E-state index contributed by atoms with van der Waals surface area (Å²) >= 11 is 0. The second-order valence-corrected chi connectivity index (χ2v) is 8.44. The molecule has 1 amide bonds. The van der Waals surface area contributed by atoms with Gasteiger partial charge in [-0.1, -0.05) is 31.0 Å². The summed E-state index contributed by atoms with van der Waals surface area (Å²) in [6, 6.07) is 11.1. The van der Waals surface area contributed by atoms with Gasteiger partial charge in [0.15, 0.2) is 0 Å². The molecule has 3 rings (SSSR count). The summed E-state index contributed by atoms with van der Waals surface area (Å²) in [4.78, 5) is 12.5. The lowest BCUT2D eigenvalue weighted by molar-refractivity contribution is 0.0903. The van der Waals surface area contributed by atoms with Crippen molar-refractivity contribution in [3.05, 3.63) is 59.9 Å². The van der Waals surface area contributed by atoms with Crippen molar-refractivity contribution in [3.63, 3.8) is 0 Å². The molecule has 2 aromatic rings. The number of rotatable bonds is 6. The largest absolute Gasteiger partial charge is 0.345 e. The van der Waals surface area contributed by atoms with Gasteiger partial charge in [0, 0.05) is 12.1 Å². The van der Waals surface area contributed by atoms with Gasteiger partial charge in [-0.3, -0.25) is 9.52 Å². The predicted octanol–water partition coefficient (Wildman–Crippen LogP) is 2.63. The fourth-order valence-corrected chi connectivity index (χ4v) is 4.41. The highest BCUT2D eigenvalue weighted by Crippen LogP contribution is 2.29. The van der Waals surface area contributed by atoms with E-state index in [1.165, 1.54) is 42.5 Å². The molecule has 6 nitrogen and oxygen atoms in total. The molecule has 144 valence electrons. The Morgan fingerprint density at radius 1 is 1.11 bits per heavy atom. The molecular weight excluding hydrogens is 369 g/mol. The number of hydrogen-bond acceptors (Lipinski definition) is 4. The topological polar surface area (TPSA) is 101 Å². The maximum absolute atomic E-state index is 13.7. The standard InChI is InChI=1S/C19H22FN3O3S/c20-16-8-1-2-9-17(16)23-27(25,26)15-7-5-6-14(12-15)18(24)22-19(13-21)10-3-4-11-19/h1-2,5-9,12,23H,3-4,10-11,13,21H2,(H,22,24). The predicted molar refractivity (Wildman–Crippen MR) is 101 cm³/mol. The Morgan fingerprint density at radius 2 is 1.81 bits per heavy atom. The molecule has 0 saturated heterocycles. The average molecular weight is 391 g/mol. The number of benzene rings is 2. The highest BCUT2D eigenvalue weighted by molar-refractivity contribution is 7.92. The van der Waals surface area contributed by atoms with Crippen molar-refractivity contribution in [2.45, 2.75) is 36.1 Å². The minimum Gasteiger partial charge on any atom is -0.345 e. The third kappa shape index (κ3) is 4.28. The van der Waals surface area contributed by atoms with Crippen molar-refractivity contribution in [1.82, 2.24) is 5.32 Å². The van der Waals surface area contributed by atoms with Crippen molar-refractivity contribution in [2.75, 3.05) is 11.3 Å². The molecule has 0 atom stereocenters. The maximum Gasteiger partial charge on any atom is 0.262 e. The van der Waals surface area contributed by atoms with Crippen LogP contribution in [-0.4, -0.2) is 26.4 Å². The first-order valence-electron chi connectivity index (χ1n) is 8.75. The Kier molecular flexibility index (Phi) is 5.48. The molecule has 0 bridgehead atoms. The van der Waals surface area contributed by atoms with Crippen molar-refractivity contribution < 1.29 is 17.6 Å².